The van der Waals surface area contributed by atoms with Crippen LogP contribution in [0.2, 0.25) is 0 Å². The van der Waals surface area contributed by atoms with Gasteiger partial charge in [0.25, 0.3) is 0 Å². The smallest absolute Gasteiger partial charge is 0.0701 e. The molecule has 6 nitrogen and oxygen atoms in total. The van der Waals surface area contributed by atoms with Crippen molar-refractivity contribution in [2.75, 3.05) is 40.1 Å². The molecule has 0 aromatic carbocycles. The van der Waals surface area contributed by atoms with Gasteiger partial charge in [0.2, 0.25) is 0 Å². The maximum atomic E-state index is 5.50. The zero-order valence-electron chi connectivity index (χ0n) is 13.7. The summed E-state index contributed by atoms with van der Waals surface area (Å²) >= 11 is 0. The topological polar surface area (TPSA) is 57.5 Å². The Bertz CT molecular complexity index is 374. The quantitative estimate of drug-likeness (QED) is 0.627. The highest BCUT2D eigenvalue weighted by Crippen LogP contribution is 2.03. The van der Waals surface area contributed by atoms with E-state index in [1.54, 1.807) is 7.11 Å². The molecule has 0 unspecified atom stereocenters. The average molecular weight is 299 g/mol. The van der Waals surface area contributed by atoms with Crippen molar-refractivity contribution in [1.29, 1.82) is 0 Å². The minimum Gasteiger partial charge on any atom is -0.382 e. The summed E-state index contributed by atoms with van der Waals surface area (Å²) < 4.78 is 17.6. The second kappa shape index (κ2) is 9.89. The summed E-state index contributed by atoms with van der Waals surface area (Å²) in [5.74, 6) is 0. The van der Waals surface area contributed by atoms with E-state index in [0.717, 1.165) is 13.1 Å². The van der Waals surface area contributed by atoms with Gasteiger partial charge in [-0.1, -0.05) is 0 Å². The summed E-state index contributed by atoms with van der Waals surface area (Å²) in [7, 11) is 1.66. The Hall–Kier alpha value is -0.950. The first kappa shape index (κ1) is 18.1. The predicted molar refractivity (Wildman–Crippen MR) is 82.3 cm³/mol. The molecule has 0 aliphatic heterocycles. The lowest BCUT2D eigenvalue weighted by Crippen LogP contribution is -2.34. The summed E-state index contributed by atoms with van der Waals surface area (Å²) in [5.41, 5.74) is 1.31. The Labute approximate surface area is 127 Å². The van der Waals surface area contributed by atoms with Gasteiger partial charge < -0.3 is 19.5 Å². The normalized spacial score (nSPS) is 12.0. The van der Waals surface area contributed by atoms with Gasteiger partial charge in [-0.15, -0.1) is 0 Å². The monoisotopic (exact) mass is 299 g/mol. The fourth-order valence-corrected chi connectivity index (χ4v) is 1.61. The van der Waals surface area contributed by atoms with Crippen LogP contribution in [0.4, 0.5) is 0 Å². The summed E-state index contributed by atoms with van der Waals surface area (Å²) in [6, 6.07) is 0. The number of ether oxygens (including phenoxy) is 3. The lowest BCUT2D eigenvalue weighted by molar-refractivity contribution is 0.0225. The minimum absolute atomic E-state index is 0.119. The molecule has 1 N–H and O–H groups in total. The van der Waals surface area contributed by atoms with Gasteiger partial charge in [-0.05, 0) is 20.8 Å². The number of nitrogens with zero attached hydrogens (tertiary/aromatic N) is 2. The summed E-state index contributed by atoms with van der Waals surface area (Å²) in [6.07, 6.45) is 3.95. The van der Waals surface area contributed by atoms with Crippen LogP contribution in [-0.2, 0) is 27.3 Å². The molecule has 0 atom stereocenters. The van der Waals surface area contributed by atoms with E-state index in [-0.39, 0.29) is 5.54 Å². The molecule has 1 aromatic rings. The van der Waals surface area contributed by atoms with E-state index in [2.05, 4.69) is 37.4 Å². The molecule has 1 aromatic heterocycles. The molecular weight excluding hydrogens is 270 g/mol. The Morgan fingerprint density at radius 3 is 2.43 bits per heavy atom. The van der Waals surface area contributed by atoms with Crippen molar-refractivity contribution >= 4 is 0 Å². The maximum Gasteiger partial charge on any atom is 0.0701 e. The number of aromatic nitrogens is 2. The van der Waals surface area contributed by atoms with E-state index in [9.17, 15) is 0 Å². The standard InChI is InChI=1S/C15H29N3O3/c1-15(2,3)16-11-14-12-17-18(13-14)5-6-20-9-10-21-8-7-19-4/h12-13,16H,5-11H2,1-4H3. The summed E-state index contributed by atoms with van der Waals surface area (Å²) in [4.78, 5) is 0. The van der Waals surface area contributed by atoms with Crippen LogP contribution >= 0.6 is 0 Å². The zero-order valence-corrected chi connectivity index (χ0v) is 13.7. The predicted octanol–water partition coefficient (Wildman–Crippen LogP) is 1.45. The van der Waals surface area contributed by atoms with Gasteiger partial charge in [0.05, 0.1) is 45.8 Å². The van der Waals surface area contributed by atoms with Gasteiger partial charge in [0.15, 0.2) is 0 Å². The largest absolute Gasteiger partial charge is 0.382 e. The fraction of sp³-hybridized carbons (Fsp3) is 0.800. The van der Waals surface area contributed by atoms with Crippen LogP contribution in [0, 0.1) is 0 Å². The Morgan fingerprint density at radius 2 is 1.76 bits per heavy atom. The third-order valence-electron chi connectivity index (χ3n) is 2.78. The molecule has 122 valence electrons. The Kier molecular flexibility index (Phi) is 8.52. The number of hydrogen-bond donors (Lipinski definition) is 1. The lowest BCUT2D eigenvalue weighted by atomic mass is 10.1. The highest BCUT2D eigenvalue weighted by atomic mass is 16.5. The molecule has 1 heterocycles. The van der Waals surface area contributed by atoms with Gasteiger partial charge >= 0.3 is 0 Å². The van der Waals surface area contributed by atoms with Gasteiger partial charge in [-0.3, -0.25) is 4.68 Å². The van der Waals surface area contributed by atoms with E-state index < -0.39 is 0 Å². The zero-order chi connectivity index (χ0) is 15.6. The van der Waals surface area contributed by atoms with Crippen molar-refractivity contribution in [3.8, 4) is 0 Å². The van der Waals surface area contributed by atoms with Crippen molar-refractivity contribution in [2.24, 2.45) is 0 Å². The van der Waals surface area contributed by atoms with Crippen LogP contribution in [0.25, 0.3) is 0 Å². The van der Waals surface area contributed by atoms with E-state index in [1.165, 1.54) is 5.56 Å². The molecular formula is C15H29N3O3. The SMILES string of the molecule is COCCOCCOCCn1cc(CNC(C)(C)C)cn1. The molecule has 21 heavy (non-hydrogen) atoms. The first-order valence-electron chi connectivity index (χ1n) is 7.42. The lowest BCUT2D eigenvalue weighted by Gasteiger charge is -2.19. The van der Waals surface area contributed by atoms with Crippen molar-refractivity contribution < 1.29 is 14.2 Å². The van der Waals surface area contributed by atoms with E-state index in [0.29, 0.717) is 33.0 Å². The second-order valence-corrected chi connectivity index (χ2v) is 5.93. The number of hydrogen-bond acceptors (Lipinski definition) is 5. The third kappa shape index (κ3) is 9.57. The molecule has 0 aliphatic rings. The Balaban J connectivity index is 2.06. The highest BCUT2D eigenvalue weighted by molar-refractivity contribution is 5.03. The first-order valence-corrected chi connectivity index (χ1v) is 7.42. The average Bonchev–Trinajstić information content (AvgIpc) is 2.87. The first-order chi connectivity index (χ1) is 10.0. The molecule has 0 amide bonds. The number of methoxy groups -OCH3 is 1. The van der Waals surface area contributed by atoms with Gasteiger partial charge in [0, 0.05) is 31.0 Å². The fourth-order valence-electron chi connectivity index (χ4n) is 1.61. The molecule has 0 radical (unpaired) electrons. The highest BCUT2D eigenvalue weighted by Gasteiger charge is 2.09. The summed E-state index contributed by atoms with van der Waals surface area (Å²) in [6.45, 7) is 11.1. The molecule has 0 saturated carbocycles. The minimum atomic E-state index is 0.119. The van der Waals surface area contributed by atoms with Crippen molar-refractivity contribution in [3.05, 3.63) is 18.0 Å². The van der Waals surface area contributed by atoms with Gasteiger partial charge in [-0.2, -0.15) is 5.10 Å². The van der Waals surface area contributed by atoms with Crippen LogP contribution in [0.1, 0.15) is 26.3 Å². The van der Waals surface area contributed by atoms with E-state index in [4.69, 9.17) is 14.2 Å². The molecule has 0 aliphatic carbocycles. The Morgan fingerprint density at radius 1 is 1.10 bits per heavy atom. The molecule has 1 rings (SSSR count). The van der Waals surface area contributed by atoms with Gasteiger partial charge in [-0.25, -0.2) is 0 Å². The van der Waals surface area contributed by atoms with Crippen LogP contribution in [-0.4, -0.2) is 55.5 Å². The van der Waals surface area contributed by atoms with Crippen LogP contribution in [0.5, 0.6) is 0 Å². The molecule has 0 spiro atoms. The van der Waals surface area contributed by atoms with Crippen molar-refractivity contribution in [3.63, 3.8) is 0 Å². The van der Waals surface area contributed by atoms with Crippen molar-refractivity contribution in [2.45, 2.75) is 39.4 Å². The number of nitrogens with one attached hydrogen (secondary N) is 1. The van der Waals surface area contributed by atoms with Crippen molar-refractivity contribution in [1.82, 2.24) is 15.1 Å². The number of rotatable bonds is 11. The summed E-state index contributed by atoms with van der Waals surface area (Å²) in [5, 5.41) is 7.76. The molecule has 6 heteroatoms. The molecule has 0 fully saturated rings. The van der Waals surface area contributed by atoms with Crippen LogP contribution in [0.3, 0.4) is 0 Å². The van der Waals surface area contributed by atoms with E-state index >= 15 is 0 Å². The van der Waals surface area contributed by atoms with Gasteiger partial charge in [0.1, 0.15) is 0 Å². The molecule has 0 saturated heterocycles. The van der Waals surface area contributed by atoms with Crippen LogP contribution in [0.15, 0.2) is 12.4 Å². The maximum absolute atomic E-state index is 5.50. The second-order valence-electron chi connectivity index (χ2n) is 5.93. The third-order valence-corrected chi connectivity index (χ3v) is 2.78. The molecule has 0 bridgehead atoms. The van der Waals surface area contributed by atoms with E-state index in [1.807, 2.05) is 10.9 Å². The van der Waals surface area contributed by atoms with Crippen LogP contribution < -0.4 is 5.32 Å².